The van der Waals surface area contributed by atoms with Crippen LogP contribution in [-0.2, 0) is 15.1 Å². The van der Waals surface area contributed by atoms with E-state index in [-0.39, 0.29) is 12.2 Å². The molecule has 0 amide bonds. The number of Topliss-reactive ketones (excluding diaryl/α,β-unsaturated/α-hetero) is 1. The number of aliphatic hydroxyl groups is 1. The third kappa shape index (κ3) is 4.33. The minimum absolute atomic E-state index is 0.0315. The Hall–Kier alpha value is -4.53. The topological polar surface area (TPSA) is 87.4 Å². The van der Waals surface area contributed by atoms with Crippen molar-refractivity contribution in [3.8, 4) is 6.07 Å². The van der Waals surface area contributed by atoms with Crippen LogP contribution < -0.4 is 0 Å². The van der Waals surface area contributed by atoms with E-state index >= 15 is 0 Å². The minimum atomic E-state index is -1.80. The molecule has 5 nitrogen and oxygen atoms in total. The maximum Gasteiger partial charge on any atom is 0.327 e. The lowest BCUT2D eigenvalue weighted by Crippen LogP contribution is -2.58. The number of methoxy groups -OCH3 is 1. The van der Waals surface area contributed by atoms with E-state index in [1.54, 1.807) is 36.4 Å². The molecule has 0 heterocycles. The Morgan fingerprint density at radius 3 is 1.79 bits per heavy atom. The highest BCUT2D eigenvalue weighted by Crippen LogP contribution is 2.63. The van der Waals surface area contributed by atoms with Crippen LogP contribution in [0.3, 0.4) is 0 Å². The molecule has 5 rings (SSSR count). The van der Waals surface area contributed by atoms with Gasteiger partial charge in [-0.2, -0.15) is 5.26 Å². The Kier molecular flexibility index (Phi) is 7.15. The van der Waals surface area contributed by atoms with Crippen LogP contribution >= 0.6 is 0 Å². The summed E-state index contributed by atoms with van der Waals surface area (Å²) in [6.07, 6.45) is -0.0315. The fourth-order valence-electron chi connectivity index (χ4n) is 6.34. The highest BCUT2D eigenvalue weighted by molar-refractivity contribution is 6.00. The lowest BCUT2D eigenvalue weighted by Gasteiger charge is -2.54. The van der Waals surface area contributed by atoms with Crippen molar-refractivity contribution in [1.29, 1.82) is 5.26 Å². The standard InChI is InChI=1S/C34H29NO4/c1-39-32(37)33(23-35)28(24-14-6-2-7-15-24)22-34(38,27-20-12-5-13-21-27)30(29(33)25-16-8-3-9-17-25)31(36)26-18-10-4-11-19-26/h2-21,28-30,38H,22H2,1H3/t28-,29+,30+,33+,34+/m1/s1. The number of carbonyl (C=O) groups excluding carboxylic acids is 2. The Labute approximate surface area is 228 Å². The average molecular weight is 516 g/mol. The molecule has 0 aromatic heterocycles. The number of ketones is 1. The van der Waals surface area contributed by atoms with Gasteiger partial charge < -0.3 is 9.84 Å². The summed E-state index contributed by atoms with van der Waals surface area (Å²) in [6, 6.07) is 38.5. The first-order valence-electron chi connectivity index (χ1n) is 12.9. The van der Waals surface area contributed by atoms with Crippen molar-refractivity contribution in [3.63, 3.8) is 0 Å². The van der Waals surface area contributed by atoms with Crippen molar-refractivity contribution >= 4 is 11.8 Å². The summed E-state index contributed by atoms with van der Waals surface area (Å²) in [7, 11) is 1.26. The summed E-state index contributed by atoms with van der Waals surface area (Å²) < 4.78 is 5.34. The third-order valence-corrected chi connectivity index (χ3v) is 8.09. The van der Waals surface area contributed by atoms with Crippen LogP contribution in [0.1, 0.15) is 45.3 Å². The van der Waals surface area contributed by atoms with Crippen molar-refractivity contribution in [1.82, 2.24) is 0 Å². The second-order valence-electron chi connectivity index (χ2n) is 10.0. The van der Waals surface area contributed by atoms with Crippen molar-refractivity contribution < 1.29 is 19.4 Å². The second kappa shape index (κ2) is 10.7. The van der Waals surface area contributed by atoms with Crippen molar-refractivity contribution in [2.24, 2.45) is 11.3 Å². The number of hydrogen-bond donors (Lipinski definition) is 1. The fraction of sp³-hybridized carbons (Fsp3) is 0.206. The van der Waals surface area contributed by atoms with E-state index in [4.69, 9.17) is 4.74 Å². The first-order valence-corrected chi connectivity index (χ1v) is 12.9. The Balaban J connectivity index is 1.88. The van der Waals surface area contributed by atoms with Gasteiger partial charge in [-0.1, -0.05) is 121 Å². The molecule has 0 saturated heterocycles. The molecule has 1 N–H and O–H groups in total. The molecule has 4 aromatic rings. The Morgan fingerprint density at radius 1 is 0.795 bits per heavy atom. The SMILES string of the molecule is COC(=O)[C@@]1(C#N)[C@@H](c2ccccc2)C[C@](O)(c2ccccc2)[C@H](C(=O)c2ccccc2)[C@@H]1c1ccccc1. The van der Waals surface area contributed by atoms with Gasteiger partial charge in [0, 0.05) is 17.4 Å². The quantitative estimate of drug-likeness (QED) is 0.250. The molecule has 0 unspecified atom stereocenters. The van der Waals surface area contributed by atoms with Crippen molar-refractivity contribution in [2.75, 3.05) is 7.11 Å². The summed E-state index contributed by atoms with van der Waals surface area (Å²) >= 11 is 0. The van der Waals surface area contributed by atoms with Crippen LogP contribution in [0.25, 0.3) is 0 Å². The zero-order chi connectivity index (χ0) is 27.5. The van der Waals surface area contributed by atoms with Gasteiger partial charge >= 0.3 is 5.97 Å². The van der Waals surface area contributed by atoms with Gasteiger partial charge in [0.05, 0.1) is 19.1 Å². The average Bonchev–Trinajstić information content (AvgIpc) is 3.01. The summed E-state index contributed by atoms with van der Waals surface area (Å²) in [5.41, 5.74) is -1.23. The number of ether oxygens (including phenoxy) is 1. The first kappa shape index (κ1) is 26.1. The number of benzene rings is 4. The second-order valence-corrected chi connectivity index (χ2v) is 10.0. The number of nitriles is 1. The largest absolute Gasteiger partial charge is 0.468 e. The van der Waals surface area contributed by atoms with Gasteiger partial charge in [-0.15, -0.1) is 0 Å². The number of rotatable bonds is 6. The van der Waals surface area contributed by atoms with E-state index in [1.807, 2.05) is 84.9 Å². The zero-order valence-corrected chi connectivity index (χ0v) is 21.6. The molecule has 0 aliphatic heterocycles. The summed E-state index contributed by atoms with van der Waals surface area (Å²) in [6.45, 7) is 0. The summed E-state index contributed by atoms with van der Waals surface area (Å²) in [4.78, 5) is 28.4. The van der Waals surface area contributed by atoms with Gasteiger partial charge in [0.25, 0.3) is 0 Å². The van der Waals surface area contributed by atoms with Crippen molar-refractivity contribution in [2.45, 2.75) is 23.9 Å². The predicted octanol–water partition coefficient (Wildman–Crippen LogP) is 6.03. The Bertz CT molecular complexity index is 1480. The lowest BCUT2D eigenvalue weighted by atomic mass is 9.47. The van der Waals surface area contributed by atoms with Crippen LogP contribution in [0.15, 0.2) is 121 Å². The monoisotopic (exact) mass is 515 g/mol. The van der Waals surface area contributed by atoms with Gasteiger partial charge in [-0.3, -0.25) is 9.59 Å². The normalized spacial score (nSPS) is 26.2. The molecule has 0 radical (unpaired) electrons. The van der Waals surface area contributed by atoms with Gasteiger partial charge in [0.1, 0.15) is 5.60 Å². The number of carbonyl (C=O) groups is 2. The summed E-state index contributed by atoms with van der Waals surface area (Å²) in [5, 5.41) is 23.8. The van der Waals surface area contributed by atoms with E-state index in [9.17, 15) is 20.0 Å². The highest BCUT2D eigenvalue weighted by Gasteiger charge is 2.67. The van der Waals surface area contributed by atoms with Crippen LogP contribution in [0.2, 0.25) is 0 Å². The molecule has 1 fully saturated rings. The fourth-order valence-corrected chi connectivity index (χ4v) is 6.34. The molecule has 194 valence electrons. The maximum absolute atomic E-state index is 14.5. The molecule has 0 bridgehead atoms. The third-order valence-electron chi connectivity index (χ3n) is 8.09. The van der Waals surface area contributed by atoms with Crippen LogP contribution in [0.5, 0.6) is 0 Å². The summed E-state index contributed by atoms with van der Waals surface area (Å²) in [5.74, 6) is -4.03. The minimum Gasteiger partial charge on any atom is -0.468 e. The molecule has 5 atom stereocenters. The van der Waals surface area contributed by atoms with Gasteiger partial charge in [0.2, 0.25) is 0 Å². The van der Waals surface area contributed by atoms with Crippen molar-refractivity contribution in [3.05, 3.63) is 144 Å². The van der Waals surface area contributed by atoms with E-state index < -0.39 is 34.7 Å². The lowest BCUT2D eigenvalue weighted by molar-refractivity contribution is -0.162. The maximum atomic E-state index is 14.5. The highest BCUT2D eigenvalue weighted by atomic mass is 16.5. The molecule has 39 heavy (non-hydrogen) atoms. The van der Waals surface area contributed by atoms with Crippen LogP contribution in [0.4, 0.5) is 0 Å². The predicted molar refractivity (Wildman–Crippen MR) is 148 cm³/mol. The smallest absolute Gasteiger partial charge is 0.327 e. The first-order chi connectivity index (χ1) is 19.0. The van der Waals surface area contributed by atoms with Gasteiger partial charge in [0.15, 0.2) is 11.2 Å². The van der Waals surface area contributed by atoms with E-state index in [0.717, 1.165) is 0 Å². The van der Waals surface area contributed by atoms with Gasteiger partial charge in [-0.05, 0) is 23.1 Å². The van der Waals surface area contributed by atoms with Crippen LogP contribution in [-0.4, -0.2) is 24.0 Å². The van der Waals surface area contributed by atoms with E-state index in [2.05, 4.69) is 6.07 Å². The van der Waals surface area contributed by atoms with E-state index in [1.165, 1.54) is 7.11 Å². The van der Waals surface area contributed by atoms with Gasteiger partial charge in [-0.25, -0.2) is 0 Å². The van der Waals surface area contributed by atoms with E-state index in [0.29, 0.717) is 22.3 Å². The molecular weight excluding hydrogens is 486 g/mol. The molecule has 0 spiro atoms. The molecule has 4 aromatic carbocycles. The number of esters is 1. The molecular formula is C34H29NO4. The zero-order valence-electron chi connectivity index (χ0n) is 21.6. The molecule has 1 aliphatic carbocycles. The number of hydrogen-bond acceptors (Lipinski definition) is 5. The molecule has 1 saturated carbocycles. The molecule has 5 heteroatoms. The number of nitrogens with zero attached hydrogens (tertiary/aromatic N) is 1. The Morgan fingerprint density at radius 2 is 1.28 bits per heavy atom. The molecule has 1 aliphatic rings. The van der Waals surface area contributed by atoms with Crippen LogP contribution in [0, 0.1) is 22.7 Å².